The van der Waals surface area contributed by atoms with Gasteiger partial charge in [0.05, 0.1) is 12.7 Å². The molecule has 5 heteroatoms. The zero-order valence-electron chi connectivity index (χ0n) is 13.3. The first kappa shape index (κ1) is 16.7. The predicted octanol–water partition coefficient (Wildman–Crippen LogP) is 0.987. The van der Waals surface area contributed by atoms with Gasteiger partial charge in [-0.05, 0) is 38.8 Å². The molecule has 1 amide bonds. The summed E-state index contributed by atoms with van der Waals surface area (Å²) in [4.78, 5) is 17.1. The Hall–Kier alpha value is -0.650. The summed E-state index contributed by atoms with van der Waals surface area (Å²) in [5, 5.41) is 18.6. The molecule has 5 nitrogen and oxygen atoms in total. The van der Waals surface area contributed by atoms with Gasteiger partial charge >= 0.3 is 0 Å². The first-order valence-electron chi connectivity index (χ1n) is 8.40. The van der Waals surface area contributed by atoms with Gasteiger partial charge in [0.25, 0.3) is 0 Å². The number of likely N-dealkylation sites (N-methyl/N-ethyl adjacent to an activating group) is 1. The number of rotatable bonds is 5. The van der Waals surface area contributed by atoms with E-state index in [0.29, 0.717) is 0 Å². The highest BCUT2D eigenvalue weighted by molar-refractivity contribution is 5.86. The van der Waals surface area contributed by atoms with Crippen molar-refractivity contribution in [2.75, 3.05) is 33.3 Å². The molecule has 2 aliphatic rings. The first-order valence-corrected chi connectivity index (χ1v) is 8.40. The van der Waals surface area contributed by atoms with Crippen LogP contribution < -0.4 is 0 Å². The van der Waals surface area contributed by atoms with Gasteiger partial charge in [-0.2, -0.15) is 0 Å². The Morgan fingerprint density at radius 3 is 2.29 bits per heavy atom. The van der Waals surface area contributed by atoms with Gasteiger partial charge in [-0.25, -0.2) is 0 Å². The molecule has 0 unspecified atom stereocenters. The Morgan fingerprint density at radius 2 is 1.71 bits per heavy atom. The monoisotopic (exact) mass is 298 g/mol. The summed E-state index contributed by atoms with van der Waals surface area (Å²) in [6.07, 6.45) is 8.08. The normalized spacial score (nSPS) is 24.5. The summed E-state index contributed by atoms with van der Waals surface area (Å²) in [5.41, 5.74) is -0.359. The summed E-state index contributed by atoms with van der Waals surface area (Å²) in [6.45, 7) is 1.95. The van der Waals surface area contributed by atoms with E-state index in [4.69, 9.17) is 5.11 Å². The minimum absolute atomic E-state index is 0.136. The molecule has 0 aromatic heterocycles. The van der Waals surface area contributed by atoms with Gasteiger partial charge in [0, 0.05) is 13.6 Å². The van der Waals surface area contributed by atoms with Crippen molar-refractivity contribution in [1.29, 1.82) is 0 Å². The Labute approximate surface area is 127 Å². The van der Waals surface area contributed by atoms with Crippen LogP contribution in [0.25, 0.3) is 0 Å². The molecule has 1 heterocycles. The van der Waals surface area contributed by atoms with E-state index in [2.05, 4.69) is 4.90 Å². The third-order valence-electron chi connectivity index (χ3n) is 5.08. The van der Waals surface area contributed by atoms with Gasteiger partial charge in [-0.1, -0.05) is 25.7 Å². The number of likely N-dealkylation sites (tertiary alicyclic amines) is 1. The molecule has 2 rings (SSSR count). The number of carbonyl (C=O) groups excluding carboxylic acids is 1. The number of aliphatic hydroxyl groups excluding tert-OH is 2. The van der Waals surface area contributed by atoms with Crippen molar-refractivity contribution in [2.45, 2.75) is 63.0 Å². The van der Waals surface area contributed by atoms with E-state index in [1.807, 2.05) is 0 Å². The molecular weight excluding hydrogens is 268 g/mol. The maximum atomic E-state index is 13.1. The molecule has 1 aliphatic carbocycles. The zero-order chi connectivity index (χ0) is 15.3. The van der Waals surface area contributed by atoms with Crippen LogP contribution in [-0.4, -0.2) is 70.9 Å². The second-order valence-corrected chi connectivity index (χ2v) is 6.66. The van der Waals surface area contributed by atoms with Crippen molar-refractivity contribution in [2.24, 2.45) is 0 Å². The summed E-state index contributed by atoms with van der Waals surface area (Å²) in [7, 11) is 1.75. The maximum Gasteiger partial charge on any atom is 0.242 e. The van der Waals surface area contributed by atoms with E-state index in [0.717, 1.165) is 38.8 Å². The third-order valence-corrected chi connectivity index (χ3v) is 5.08. The molecule has 1 saturated heterocycles. The SMILES string of the molecule is CN(C[C@@H](O)CO)C(=O)C1(N2CCCCC2)CCCCC1. The third kappa shape index (κ3) is 3.76. The highest BCUT2D eigenvalue weighted by Gasteiger charge is 2.46. The molecule has 0 aromatic carbocycles. The molecule has 1 saturated carbocycles. The van der Waals surface area contributed by atoms with Gasteiger partial charge in [0.2, 0.25) is 5.91 Å². The maximum absolute atomic E-state index is 13.1. The molecule has 1 aliphatic heterocycles. The molecule has 0 radical (unpaired) electrons. The highest BCUT2D eigenvalue weighted by Crippen LogP contribution is 2.37. The van der Waals surface area contributed by atoms with Gasteiger partial charge in [-0.15, -0.1) is 0 Å². The van der Waals surface area contributed by atoms with Crippen LogP contribution in [0, 0.1) is 0 Å². The van der Waals surface area contributed by atoms with Gasteiger partial charge in [0.15, 0.2) is 0 Å². The average Bonchev–Trinajstić information content (AvgIpc) is 2.55. The predicted molar refractivity (Wildman–Crippen MR) is 82.0 cm³/mol. The summed E-state index contributed by atoms with van der Waals surface area (Å²) >= 11 is 0. The van der Waals surface area contributed by atoms with Crippen LogP contribution in [0.1, 0.15) is 51.4 Å². The topological polar surface area (TPSA) is 64.0 Å². The number of nitrogens with zero attached hydrogens (tertiary/aromatic N) is 2. The zero-order valence-corrected chi connectivity index (χ0v) is 13.3. The van der Waals surface area contributed by atoms with Crippen molar-refractivity contribution in [3.8, 4) is 0 Å². The number of aliphatic hydroxyl groups is 2. The van der Waals surface area contributed by atoms with Crippen LogP contribution in [0.2, 0.25) is 0 Å². The summed E-state index contributed by atoms with van der Waals surface area (Å²) in [6, 6.07) is 0. The van der Waals surface area contributed by atoms with Gasteiger partial charge in [0.1, 0.15) is 5.54 Å². The van der Waals surface area contributed by atoms with E-state index >= 15 is 0 Å². The molecule has 122 valence electrons. The van der Waals surface area contributed by atoms with Gasteiger partial charge < -0.3 is 15.1 Å². The number of amides is 1. The fourth-order valence-corrected chi connectivity index (χ4v) is 3.94. The van der Waals surface area contributed by atoms with Crippen molar-refractivity contribution in [3.63, 3.8) is 0 Å². The van der Waals surface area contributed by atoms with E-state index in [1.54, 1.807) is 11.9 Å². The van der Waals surface area contributed by atoms with Crippen molar-refractivity contribution in [3.05, 3.63) is 0 Å². The number of hydrogen-bond donors (Lipinski definition) is 2. The van der Waals surface area contributed by atoms with E-state index in [9.17, 15) is 9.90 Å². The minimum atomic E-state index is -0.846. The van der Waals surface area contributed by atoms with Crippen LogP contribution in [0.15, 0.2) is 0 Å². The fourth-order valence-electron chi connectivity index (χ4n) is 3.94. The Kier molecular flexibility index (Phi) is 6.02. The summed E-state index contributed by atoms with van der Waals surface area (Å²) < 4.78 is 0. The Bertz CT molecular complexity index is 336. The minimum Gasteiger partial charge on any atom is -0.394 e. The van der Waals surface area contributed by atoms with E-state index in [-0.39, 0.29) is 24.6 Å². The van der Waals surface area contributed by atoms with E-state index < -0.39 is 6.10 Å². The molecule has 2 N–H and O–H groups in total. The quantitative estimate of drug-likeness (QED) is 0.794. The average molecular weight is 298 g/mol. The lowest BCUT2D eigenvalue weighted by atomic mass is 9.78. The molecule has 0 bridgehead atoms. The lowest BCUT2D eigenvalue weighted by Gasteiger charge is -2.48. The number of carbonyl (C=O) groups is 1. The lowest BCUT2D eigenvalue weighted by Crippen LogP contribution is -2.61. The smallest absolute Gasteiger partial charge is 0.242 e. The van der Waals surface area contributed by atoms with Crippen LogP contribution in [0.4, 0.5) is 0 Å². The van der Waals surface area contributed by atoms with Crippen molar-refractivity contribution < 1.29 is 15.0 Å². The van der Waals surface area contributed by atoms with Crippen LogP contribution in [0.3, 0.4) is 0 Å². The molecule has 0 spiro atoms. The number of hydrogen-bond acceptors (Lipinski definition) is 4. The number of piperidine rings is 1. The molecule has 0 aromatic rings. The summed E-state index contributed by atoms with van der Waals surface area (Å²) in [5.74, 6) is 0.136. The van der Waals surface area contributed by atoms with Crippen LogP contribution >= 0.6 is 0 Å². The molecule has 1 atom stereocenters. The van der Waals surface area contributed by atoms with Crippen LogP contribution in [-0.2, 0) is 4.79 Å². The van der Waals surface area contributed by atoms with Crippen molar-refractivity contribution in [1.82, 2.24) is 9.80 Å². The first-order chi connectivity index (χ1) is 10.1. The lowest BCUT2D eigenvalue weighted by molar-refractivity contribution is -0.148. The molecular formula is C16H30N2O3. The van der Waals surface area contributed by atoms with E-state index in [1.165, 1.54) is 25.7 Å². The standard InChI is InChI=1S/C16H30N2O3/c1-17(12-14(20)13-19)15(21)16(8-4-2-5-9-16)18-10-6-3-7-11-18/h14,19-20H,2-13H2,1H3/t14-/m1/s1. The van der Waals surface area contributed by atoms with Gasteiger partial charge in [-0.3, -0.25) is 9.69 Å². The Morgan fingerprint density at radius 1 is 1.14 bits per heavy atom. The largest absolute Gasteiger partial charge is 0.394 e. The highest BCUT2D eigenvalue weighted by atomic mass is 16.3. The Balaban J connectivity index is 2.12. The van der Waals surface area contributed by atoms with Crippen LogP contribution in [0.5, 0.6) is 0 Å². The second-order valence-electron chi connectivity index (χ2n) is 6.66. The molecule has 2 fully saturated rings. The fraction of sp³-hybridized carbons (Fsp3) is 0.938. The molecule has 21 heavy (non-hydrogen) atoms. The van der Waals surface area contributed by atoms with Crippen molar-refractivity contribution >= 4 is 5.91 Å². The second kappa shape index (κ2) is 7.56.